The highest BCUT2D eigenvalue weighted by Crippen LogP contribution is 2.47. The second-order valence-corrected chi connectivity index (χ2v) is 5.01. The fourth-order valence-corrected chi connectivity index (χ4v) is 3.97. The zero-order valence-electron chi connectivity index (χ0n) is 7.76. The van der Waals surface area contributed by atoms with E-state index in [1.165, 1.54) is 19.5 Å². The lowest BCUT2D eigenvalue weighted by atomic mass is 9.69. The van der Waals surface area contributed by atoms with Gasteiger partial charge in [0.2, 0.25) is 0 Å². The van der Waals surface area contributed by atoms with Crippen LogP contribution in [0, 0.1) is 23.7 Å². The molecule has 0 amide bonds. The van der Waals surface area contributed by atoms with Crippen LogP contribution in [0.15, 0.2) is 0 Å². The van der Waals surface area contributed by atoms with Gasteiger partial charge < -0.3 is 5.32 Å². The Morgan fingerprint density at radius 1 is 0.750 bits per heavy atom. The average Bonchev–Trinajstić information content (AvgIpc) is 2.40. The van der Waals surface area contributed by atoms with Crippen molar-refractivity contribution in [2.24, 2.45) is 23.7 Å². The molecule has 1 saturated heterocycles. The molecule has 3 aliphatic carbocycles. The van der Waals surface area contributed by atoms with Crippen LogP contribution in [0.1, 0.15) is 32.1 Å². The van der Waals surface area contributed by atoms with Crippen LogP contribution in [0.3, 0.4) is 0 Å². The van der Waals surface area contributed by atoms with Gasteiger partial charge in [-0.1, -0.05) is 19.3 Å². The molecule has 4 unspecified atom stereocenters. The van der Waals surface area contributed by atoms with Gasteiger partial charge in [0.15, 0.2) is 0 Å². The SMILES string of the molecule is C1CC2CCC(C1)C1CNCC21. The molecule has 0 spiro atoms. The van der Waals surface area contributed by atoms with Crippen molar-refractivity contribution < 1.29 is 0 Å². The van der Waals surface area contributed by atoms with Crippen molar-refractivity contribution in [3.63, 3.8) is 0 Å². The van der Waals surface area contributed by atoms with Crippen molar-refractivity contribution in [3.05, 3.63) is 0 Å². The molecular formula is C11H19N. The van der Waals surface area contributed by atoms with Gasteiger partial charge in [0, 0.05) is 0 Å². The van der Waals surface area contributed by atoms with Crippen molar-refractivity contribution in [2.45, 2.75) is 32.1 Å². The minimum Gasteiger partial charge on any atom is -0.316 e. The molecule has 4 aliphatic rings. The zero-order valence-corrected chi connectivity index (χ0v) is 7.76. The highest BCUT2D eigenvalue weighted by atomic mass is 14.9. The fraction of sp³-hybridized carbons (Fsp3) is 1.00. The van der Waals surface area contributed by atoms with Gasteiger partial charge in [-0.2, -0.15) is 0 Å². The van der Waals surface area contributed by atoms with Gasteiger partial charge in [0.05, 0.1) is 0 Å². The lowest BCUT2D eigenvalue weighted by molar-refractivity contribution is 0.153. The maximum absolute atomic E-state index is 3.59. The van der Waals surface area contributed by atoms with Crippen LogP contribution in [0.25, 0.3) is 0 Å². The van der Waals surface area contributed by atoms with E-state index in [1.807, 2.05) is 0 Å². The summed E-state index contributed by atoms with van der Waals surface area (Å²) in [6.07, 6.45) is 7.71. The molecule has 1 aliphatic heterocycles. The molecule has 1 nitrogen and oxygen atoms in total. The summed E-state index contributed by atoms with van der Waals surface area (Å²) in [5.41, 5.74) is 0. The molecule has 1 heterocycles. The maximum atomic E-state index is 3.59. The molecule has 1 N–H and O–H groups in total. The van der Waals surface area contributed by atoms with Gasteiger partial charge in [-0.05, 0) is 49.6 Å². The van der Waals surface area contributed by atoms with E-state index in [0.717, 1.165) is 23.7 Å². The maximum Gasteiger partial charge on any atom is -0.00145 e. The average molecular weight is 165 g/mol. The van der Waals surface area contributed by atoms with E-state index in [-0.39, 0.29) is 0 Å². The topological polar surface area (TPSA) is 12.0 Å². The van der Waals surface area contributed by atoms with E-state index in [9.17, 15) is 0 Å². The van der Waals surface area contributed by atoms with Gasteiger partial charge in [0.1, 0.15) is 0 Å². The van der Waals surface area contributed by atoms with E-state index in [0.29, 0.717) is 0 Å². The Hall–Kier alpha value is -0.0400. The molecule has 12 heavy (non-hydrogen) atoms. The molecule has 3 saturated carbocycles. The van der Waals surface area contributed by atoms with Crippen LogP contribution in [-0.4, -0.2) is 13.1 Å². The molecule has 4 atom stereocenters. The van der Waals surface area contributed by atoms with Gasteiger partial charge in [-0.15, -0.1) is 0 Å². The summed E-state index contributed by atoms with van der Waals surface area (Å²) in [7, 11) is 0. The molecule has 0 aromatic rings. The summed E-state index contributed by atoms with van der Waals surface area (Å²) >= 11 is 0. The quantitative estimate of drug-likeness (QED) is 0.579. The summed E-state index contributed by atoms with van der Waals surface area (Å²) in [6.45, 7) is 2.68. The molecule has 2 bridgehead atoms. The molecule has 4 fully saturated rings. The van der Waals surface area contributed by atoms with Crippen LogP contribution in [-0.2, 0) is 0 Å². The van der Waals surface area contributed by atoms with Crippen LogP contribution in [0.4, 0.5) is 0 Å². The van der Waals surface area contributed by atoms with E-state index in [2.05, 4.69) is 5.32 Å². The van der Waals surface area contributed by atoms with Crippen molar-refractivity contribution >= 4 is 0 Å². The lowest BCUT2D eigenvalue weighted by Gasteiger charge is -2.35. The predicted octanol–water partition coefficient (Wildman–Crippen LogP) is 2.03. The second-order valence-electron chi connectivity index (χ2n) is 5.01. The lowest BCUT2D eigenvalue weighted by Crippen LogP contribution is -2.30. The largest absolute Gasteiger partial charge is 0.316 e. The van der Waals surface area contributed by atoms with Crippen molar-refractivity contribution in [2.75, 3.05) is 13.1 Å². The zero-order chi connectivity index (χ0) is 7.97. The van der Waals surface area contributed by atoms with Crippen molar-refractivity contribution in [3.8, 4) is 0 Å². The number of rotatable bonds is 0. The summed E-state index contributed by atoms with van der Waals surface area (Å²) in [4.78, 5) is 0. The monoisotopic (exact) mass is 165 g/mol. The fourth-order valence-electron chi connectivity index (χ4n) is 3.97. The molecule has 68 valence electrons. The van der Waals surface area contributed by atoms with Gasteiger partial charge in [-0.3, -0.25) is 0 Å². The molecule has 1 heteroatoms. The van der Waals surface area contributed by atoms with Crippen molar-refractivity contribution in [1.82, 2.24) is 5.32 Å². The van der Waals surface area contributed by atoms with E-state index in [4.69, 9.17) is 0 Å². The normalized spacial score (nSPS) is 52.0. The minimum absolute atomic E-state index is 1.08. The second kappa shape index (κ2) is 2.73. The highest BCUT2D eigenvalue weighted by molar-refractivity contribution is 4.95. The van der Waals surface area contributed by atoms with Crippen LogP contribution in [0.5, 0.6) is 0 Å². The first-order valence-corrected chi connectivity index (χ1v) is 5.66. The summed E-state index contributed by atoms with van der Waals surface area (Å²) in [6, 6.07) is 0. The Bertz CT molecular complexity index is 156. The van der Waals surface area contributed by atoms with E-state index >= 15 is 0 Å². The first-order chi connectivity index (χ1) is 5.95. The van der Waals surface area contributed by atoms with Crippen LogP contribution in [0.2, 0.25) is 0 Å². The molecule has 0 aromatic carbocycles. The predicted molar refractivity (Wildman–Crippen MR) is 49.9 cm³/mol. The summed E-state index contributed by atoms with van der Waals surface area (Å²) in [5.74, 6) is 4.35. The highest BCUT2D eigenvalue weighted by Gasteiger charge is 2.43. The first kappa shape index (κ1) is 7.37. The number of fused-ring (bicyclic) bond motifs is 3. The Morgan fingerprint density at radius 3 is 1.92 bits per heavy atom. The van der Waals surface area contributed by atoms with E-state index in [1.54, 1.807) is 25.7 Å². The summed E-state index contributed by atoms with van der Waals surface area (Å²) < 4.78 is 0. The molecule has 0 aromatic heterocycles. The Labute approximate surface area is 74.9 Å². The van der Waals surface area contributed by atoms with Crippen molar-refractivity contribution in [1.29, 1.82) is 0 Å². The van der Waals surface area contributed by atoms with Crippen LogP contribution < -0.4 is 5.32 Å². The molecular weight excluding hydrogens is 146 g/mol. The van der Waals surface area contributed by atoms with Gasteiger partial charge in [0.25, 0.3) is 0 Å². The number of nitrogens with one attached hydrogen (secondary N) is 1. The Morgan fingerprint density at radius 2 is 1.33 bits per heavy atom. The van der Waals surface area contributed by atoms with E-state index < -0.39 is 0 Å². The van der Waals surface area contributed by atoms with Gasteiger partial charge >= 0.3 is 0 Å². The third kappa shape index (κ3) is 0.953. The number of hydrogen-bond donors (Lipinski definition) is 1. The third-order valence-electron chi connectivity index (χ3n) is 4.58. The third-order valence-corrected chi connectivity index (χ3v) is 4.58. The first-order valence-electron chi connectivity index (χ1n) is 5.66. The molecule has 4 rings (SSSR count). The minimum atomic E-state index is 1.08. The smallest absolute Gasteiger partial charge is 0.00145 e. The number of hydrogen-bond acceptors (Lipinski definition) is 1. The standard InChI is InChI=1S/C11H19N/c1-2-8-4-5-9(3-1)11-7-12-6-10(8)11/h8-12H,1-7H2. The Balaban J connectivity index is 1.89. The van der Waals surface area contributed by atoms with Crippen LogP contribution >= 0.6 is 0 Å². The van der Waals surface area contributed by atoms with Gasteiger partial charge in [-0.25, -0.2) is 0 Å². The summed E-state index contributed by atoms with van der Waals surface area (Å²) in [5, 5.41) is 3.59. The molecule has 0 radical (unpaired) electrons. The Kier molecular flexibility index (Phi) is 1.68.